The minimum atomic E-state index is 0.759. The molecule has 1 aliphatic heterocycles. The van der Waals surface area contributed by atoms with E-state index < -0.39 is 0 Å². The van der Waals surface area contributed by atoms with Gasteiger partial charge in [-0.15, -0.1) is 0 Å². The van der Waals surface area contributed by atoms with Crippen molar-refractivity contribution in [3.63, 3.8) is 0 Å². The molecule has 6 nitrogen and oxygen atoms in total. The standard InChI is InChI=1S/C22H26N4O2S/c1-24-21(11-16-7-5-4-6-8-16)23-26(22(24)29)15-25-10-9-17-12-19(27-2)20(28-3)13-18(17)14-25/h4-8,12-13H,9-11,14-15H2,1-3H3/p+1. The van der Waals surface area contributed by atoms with Gasteiger partial charge in [0.25, 0.3) is 0 Å². The minimum Gasteiger partial charge on any atom is -0.493 e. The van der Waals surface area contributed by atoms with Gasteiger partial charge in [0.05, 0.1) is 20.8 Å². The van der Waals surface area contributed by atoms with Crippen molar-refractivity contribution in [2.75, 3.05) is 20.8 Å². The summed E-state index contributed by atoms with van der Waals surface area (Å²) >= 11 is 5.66. The van der Waals surface area contributed by atoms with Crippen LogP contribution in [-0.2, 0) is 33.1 Å². The first-order chi connectivity index (χ1) is 14.1. The van der Waals surface area contributed by atoms with Crippen molar-refractivity contribution in [2.24, 2.45) is 7.05 Å². The van der Waals surface area contributed by atoms with Crippen molar-refractivity contribution in [2.45, 2.75) is 26.1 Å². The number of hydrogen-bond acceptors (Lipinski definition) is 4. The summed E-state index contributed by atoms with van der Waals surface area (Å²) in [6.07, 6.45) is 1.78. The van der Waals surface area contributed by atoms with Gasteiger partial charge in [0, 0.05) is 25.5 Å². The lowest BCUT2D eigenvalue weighted by atomic mass is 9.99. The Morgan fingerprint density at radius 2 is 1.76 bits per heavy atom. The first kappa shape index (κ1) is 19.7. The number of rotatable bonds is 6. The van der Waals surface area contributed by atoms with Crippen LogP contribution in [0, 0.1) is 4.77 Å². The van der Waals surface area contributed by atoms with Crippen LogP contribution in [0.5, 0.6) is 11.5 Å². The molecule has 0 bridgehead atoms. The van der Waals surface area contributed by atoms with E-state index in [-0.39, 0.29) is 0 Å². The predicted molar refractivity (Wildman–Crippen MR) is 114 cm³/mol. The summed E-state index contributed by atoms with van der Waals surface area (Å²) in [6, 6.07) is 14.6. The summed E-state index contributed by atoms with van der Waals surface area (Å²) < 4.78 is 15.7. The molecule has 0 amide bonds. The molecule has 1 N–H and O–H groups in total. The average Bonchev–Trinajstić information content (AvgIpc) is 3.01. The maximum atomic E-state index is 5.66. The Bertz CT molecular complexity index is 1060. The maximum Gasteiger partial charge on any atom is 0.202 e. The monoisotopic (exact) mass is 411 g/mol. The van der Waals surface area contributed by atoms with Crippen molar-refractivity contribution in [1.29, 1.82) is 0 Å². The molecule has 0 spiro atoms. The van der Waals surface area contributed by atoms with Gasteiger partial charge in [0.2, 0.25) is 4.77 Å². The molecular weight excluding hydrogens is 384 g/mol. The van der Waals surface area contributed by atoms with Gasteiger partial charge in [0.1, 0.15) is 12.4 Å². The van der Waals surface area contributed by atoms with E-state index in [4.69, 9.17) is 26.8 Å². The molecule has 1 unspecified atom stereocenters. The van der Waals surface area contributed by atoms with Crippen molar-refractivity contribution in [3.05, 3.63) is 69.8 Å². The van der Waals surface area contributed by atoms with Crippen LogP contribution in [-0.4, -0.2) is 35.1 Å². The molecule has 2 aromatic carbocycles. The number of methoxy groups -OCH3 is 2. The van der Waals surface area contributed by atoms with Crippen molar-refractivity contribution < 1.29 is 14.4 Å². The molecule has 0 radical (unpaired) electrons. The summed E-state index contributed by atoms with van der Waals surface area (Å²) in [6.45, 7) is 2.71. The fraction of sp³-hybridized carbons (Fsp3) is 0.364. The second kappa shape index (κ2) is 8.39. The van der Waals surface area contributed by atoms with Gasteiger partial charge < -0.3 is 18.9 Å². The molecule has 1 aliphatic rings. The summed E-state index contributed by atoms with van der Waals surface area (Å²) in [5, 5.41) is 4.83. The van der Waals surface area contributed by atoms with Gasteiger partial charge in [0.15, 0.2) is 18.2 Å². The average molecular weight is 412 g/mol. The minimum absolute atomic E-state index is 0.759. The zero-order chi connectivity index (χ0) is 20.4. The van der Waals surface area contributed by atoms with E-state index in [1.807, 2.05) is 22.4 Å². The highest BCUT2D eigenvalue weighted by Gasteiger charge is 2.23. The summed E-state index contributed by atoms with van der Waals surface area (Å²) in [5.74, 6) is 2.57. The lowest BCUT2D eigenvalue weighted by molar-refractivity contribution is -0.939. The van der Waals surface area contributed by atoms with Gasteiger partial charge in [-0.05, 0) is 35.5 Å². The van der Waals surface area contributed by atoms with E-state index >= 15 is 0 Å². The number of ether oxygens (including phenoxy) is 2. The van der Waals surface area contributed by atoms with Gasteiger partial charge in [-0.2, -0.15) is 9.78 Å². The lowest BCUT2D eigenvalue weighted by Crippen LogP contribution is -3.11. The molecule has 1 aromatic heterocycles. The quantitative estimate of drug-likeness (QED) is 0.632. The van der Waals surface area contributed by atoms with Crippen LogP contribution >= 0.6 is 12.2 Å². The number of quaternary nitrogens is 1. The Morgan fingerprint density at radius 1 is 1.07 bits per heavy atom. The Morgan fingerprint density at radius 3 is 2.45 bits per heavy atom. The van der Waals surface area contributed by atoms with Crippen LogP contribution < -0.4 is 14.4 Å². The normalized spacial score (nSPS) is 15.8. The smallest absolute Gasteiger partial charge is 0.202 e. The van der Waals surface area contributed by atoms with Crippen molar-refractivity contribution in [1.82, 2.24) is 14.3 Å². The Hall–Kier alpha value is -2.64. The molecule has 2 heterocycles. The van der Waals surface area contributed by atoms with Crippen molar-refractivity contribution >= 4 is 12.2 Å². The third kappa shape index (κ3) is 4.06. The topological polar surface area (TPSA) is 45.6 Å². The third-order valence-corrected chi connectivity index (χ3v) is 6.09. The number of nitrogens with one attached hydrogen (secondary N) is 1. The van der Waals surface area contributed by atoms with E-state index in [1.165, 1.54) is 21.6 Å². The molecule has 3 aromatic rings. The van der Waals surface area contributed by atoms with Crippen LogP contribution in [0.4, 0.5) is 0 Å². The lowest BCUT2D eigenvalue weighted by Gasteiger charge is -2.26. The Labute approximate surface area is 176 Å². The highest BCUT2D eigenvalue weighted by Crippen LogP contribution is 2.31. The fourth-order valence-corrected chi connectivity index (χ4v) is 4.16. The molecule has 0 saturated heterocycles. The number of hydrogen-bond donors (Lipinski definition) is 1. The third-order valence-electron chi connectivity index (χ3n) is 5.60. The number of nitrogens with zero attached hydrogens (tertiary/aromatic N) is 3. The Kier molecular flexibility index (Phi) is 5.69. The molecule has 1 atom stereocenters. The van der Waals surface area contributed by atoms with Crippen LogP contribution in [0.2, 0.25) is 0 Å². The molecular formula is C22H27N4O2S+. The first-order valence-electron chi connectivity index (χ1n) is 9.83. The van der Waals surface area contributed by atoms with Crippen LogP contribution in [0.25, 0.3) is 0 Å². The highest BCUT2D eigenvalue weighted by atomic mass is 32.1. The van der Waals surface area contributed by atoms with Gasteiger partial charge in [-0.3, -0.25) is 0 Å². The van der Waals surface area contributed by atoms with Gasteiger partial charge in [-0.1, -0.05) is 30.3 Å². The largest absolute Gasteiger partial charge is 0.493 e. The maximum absolute atomic E-state index is 5.66. The fourth-order valence-electron chi connectivity index (χ4n) is 3.94. The highest BCUT2D eigenvalue weighted by molar-refractivity contribution is 7.71. The van der Waals surface area contributed by atoms with E-state index in [9.17, 15) is 0 Å². The summed E-state index contributed by atoms with van der Waals surface area (Å²) in [7, 11) is 5.36. The second-order valence-corrected chi connectivity index (χ2v) is 7.85. The molecule has 0 saturated carbocycles. The summed E-state index contributed by atoms with van der Waals surface area (Å²) in [4.78, 5) is 1.44. The first-order valence-corrected chi connectivity index (χ1v) is 10.2. The molecule has 0 aliphatic carbocycles. The summed E-state index contributed by atoms with van der Waals surface area (Å²) in [5.41, 5.74) is 3.87. The number of aromatic nitrogens is 3. The van der Waals surface area contributed by atoms with Crippen LogP contribution in [0.1, 0.15) is 22.5 Å². The van der Waals surface area contributed by atoms with E-state index in [0.29, 0.717) is 0 Å². The molecule has 29 heavy (non-hydrogen) atoms. The predicted octanol–water partition coefficient (Wildman–Crippen LogP) is 2.16. The molecule has 7 heteroatoms. The Balaban J connectivity index is 1.52. The van der Waals surface area contributed by atoms with E-state index in [0.717, 1.165) is 54.7 Å². The zero-order valence-corrected chi connectivity index (χ0v) is 18.0. The number of benzene rings is 2. The molecule has 0 fully saturated rings. The van der Waals surface area contributed by atoms with Gasteiger partial charge >= 0.3 is 0 Å². The van der Waals surface area contributed by atoms with Gasteiger partial charge in [-0.25, -0.2) is 0 Å². The second-order valence-electron chi connectivity index (χ2n) is 7.48. The molecule has 152 valence electrons. The van der Waals surface area contributed by atoms with E-state index in [1.54, 1.807) is 14.2 Å². The number of fused-ring (bicyclic) bond motifs is 1. The SMILES string of the molecule is COc1cc2c(cc1OC)C[NH+](Cn1nc(Cc3ccccc3)n(C)c1=S)CC2. The van der Waals surface area contributed by atoms with Crippen molar-refractivity contribution in [3.8, 4) is 11.5 Å². The van der Waals surface area contributed by atoms with E-state index in [2.05, 4.69) is 36.4 Å². The van der Waals surface area contributed by atoms with Crippen LogP contribution in [0.3, 0.4) is 0 Å². The van der Waals surface area contributed by atoms with Crippen LogP contribution in [0.15, 0.2) is 42.5 Å². The molecule has 4 rings (SSSR count). The zero-order valence-electron chi connectivity index (χ0n) is 17.1.